The van der Waals surface area contributed by atoms with E-state index >= 15 is 0 Å². The van der Waals surface area contributed by atoms with Gasteiger partial charge in [0.2, 0.25) is 0 Å². The van der Waals surface area contributed by atoms with Gasteiger partial charge in [-0.15, -0.1) is 0 Å². The van der Waals surface area contributed by atoms with E-state index < -0.39 is 0 Å². The molecule has 0 bridgehead atoms. The van der Waals surface area contributed by atoms with Crippen LogP contribution < -0.4 is 10.6 Å². The first-order valence-electron chi connectivity index (χ1n) is 7.96. The average Bonchev–Trinajstić information content (AvgIpc) is 2.85. The molecule has 0 spiro atoms. The number of hydrogen-bond acceptors (Lipinski definition) is 3. The van der Waals surface area contributed by atoms with Gasteiger partial charge in [-0.1, -0.05) is 6.92 Å². The fourth-order valence-electron chi connectivity index (χ4n) is 2.97. The maximum absolute atomic E-state index is 12.6. The minimum absolute atomic E-state index is 0.00269. The van der Waals surface area contributed by atoms with Crippen LogP contribution in [0.2, 0.25) is 0 Å². The predicted molar refractivity (Wildman–Crippen MR) is 84.6 cm³/mol. The Balaban J connectivity index is 2.17. The minimum Gasteiger partial charge on any atom is -0.348 e. The van der Waals surface area contributed by atoms with Crippen LogP contribution >= 0.6 is 0 Å². The predicted octanol–water partition coefficient (Wildman–Crippen LogP) is 2.07. The Morgan fingerprint density at radius 2 is 2.24 bits per heavy atom. The van der Waals surface area contributed by atoms with Crippen molar-refractivity contribution in [2.45, 2.75) is 71.5 Å². The van der Waals surface area contributed by atoms with E-state index in [1.165, 1.54) is 0 Å². The van der Waals surface area contributed by atoms with Crippen molar-refractivity contribution in [2.75, 3.05) is 6.54 Å². The molecular formula is C16H28N4O. The molecule has 118 valence electrons. The Morgan fingerprint density at radius 1 is 1.52 bits per heavy atom. The molecule has 1 saturated heterocycles. The number of nitrogens with zero attached hydrogens (tertiary/aromatic N) is 2. The molecule has 21 heavy (non-hydrogen) atoms. The number of hydrogen-bond donors (Lipinski definition) is 2. The van der Waals surface area contributed by atoms with Gasteiger partial charge in [-0.2, -0.15) is 5.10 Å². The van der Waals surface area contributed by atoms with Crippen molar-refractivity contribution in [1.29, 1.82) is 0 Å². The number of piperidine rings is 1. The van der Waals surface area contributed by atoms with Crippen LogP contribution in [0.3, 0.4) is 0 Å². The van der Waals surface area contributed by atoms with Gasteiger partial charge in [-0.25, -0.2) is 0 Å². The molecule has 1 aromatic rings. The van der Waals surface area contributed by atoms with Gasteiger partial charge >= 0.3 is 0 Å². The first kappa shape index (κ1) is 16.0. The molecule has 0 radical (unpaired) electrons. The maximum atomic E-state index is 12.6. The number of carbonyl (C=O) groups is 1. The highest BCUT2D eigenvalue weighted by molar-refractivity contribution is 5.95. The van der Waals surface area contributed by atoms with Gasteiger partial charge in [0.15, 0.2) is 0 Å². The van der Waals surface area contributed by atoms with Crippen LogP contribution in [0.4, 0.5) is 0 Å². The molecule has 2 heterocycles. The van der Waals surface area contributed by atoms with Crippen LogP contribution in [0.5, 0.6) is 0 Å². The Bertz CT molecular complexity index is 501. The molecule has 1 amide bonds. The Morgan fingerprint density at radius 3 is 2.81 bits per heavy atom. The maximum Gasteiger partial charge on any atom is 0.255 e. The van der Waals surface area contributed by atoms with E-state index in [1.807, 2.05) is 4.68 Å². The molecule has 2 rings (SSSR count). The highest BCUT2D eigenvalue weighted by Gasteiger charge is 2.27. The summed E-state index contributed by atoms with van der Waals surface area (Å²) in [6.45, 7) is 11.6. The standard InChI is InChI=1S/C16H28N4O/c1-6-14-12(10-18-20(14)16(3,4)5)15(21)19-13-8-7-9-17-11(13)2/h10-11,13,17H,6-9H2,1-5H3,(H,19,21). The highest BCUT2D eigenvalue weighted by Crippen LogP contribution is 2.20. The summed E-state index contributed by atoms with van der Waals surface area (Å²) in [5.74, 6) is 0.00269. The van der Waals surface area contributed by atoms with Crippen LogP contribution in [-0.2, 0) is 12.0 Å². The van der Waals surface area contributed by atoms with E-state index in [1.54, 1.807) is 6.20 Å². The first-order chi connectivity index (χ1) is 9.84. The SMILES string of the molecule is CCc1c(C(=O)NC2CCCNC2C)cnn1C(C)(C)C. The van der Waals surface area contributed by atoms with Gasteiger partial charge < -0.3 is 10.6 Å². The number of carbonyl (C=O) groups excluding carboxylic acids is 1. The summed E-state index contributed by atoms with van der Waals surface area (Å²) in [4.78, 5) is 12.6. The summed E-state index contributed by atoms with van der Waals surface area (Å²) in [5.41, 5.74) is 1.62. The lowest BCUT2D eigenvalue weighted by molar-refractivity contribution is 0.0918. The second kappa shape index (κ2) is 6.18. The Hall–Kier alpha value is -1.36. The quantitative estimate of drug-likeness (QED) is 0.896. The lowest BCUT2D eigenvalue weighted by Crippen LogP contribution is -2.52. The summed E-state index contributed by atoms with van der Waals surface area (Å²) in [5, 5.41) is 11.0. The Kier molecular flexibility index (Phi) is 4.71. The van der Waals surface area contributed by atoms with Crippen molar-refractivity contribution >= 4 is 5.91 Å². The van der Waals surface area contributed by atoms with Crippen LogP contribution in [0.1, 0.15) is 63.5 Å². The number of aromatic nitrogens is 2. The van der Waals surface area contributed by atoms with Crippen molar-refractivity contribution in [2.24, 2.45) is 0 Å². The largest absolute Gasteiger partial charge is 0.348 e. The summed E-state index contributed by atoms with van der Waals surface area (Å²) in [7, 11) is 0. The zero-order valence-corrected chi connectivity index (χ0v) is 13.9. The first-order valence-corrected chi connectivity index (χ1v) is 7.96. The van der Waals surface area contributed by atoms with Crippen molar-refractivity contribution in [3.63, 3.8) is 0 Å². The second-order valence-electron chi connectivity index (χ2n) is 6.91. The molecule has 0 aliphatic carbocycles. The molecule has 2 atom stereocenters. The third-order valence-electron chi connectivity index (χ3n) is 4.16. The highest BCUT2D eigenvalue weighted by atomic mass is 16.1. The summed E-state index contributed by atoms with van der Waals surface area (Å²) in [6, 6.07) is 0.527. The smallest absolute Gasteiger partial charge is 0.255 e. The van der Waals surface area contributed by atoms with E-state index in [2.05, 4.69) is 50.4 Å². The van der Waals surface area contributed by atoms with Crippen molar-refractivity contribution in [3.8, 4) is 0 Å². The lowest BCUT2D eigenvalue weighted by atomic mass is 9.99. The Labute approximate surface area is 127 Å². The average molecular weight is 292 g/mol. The molecule has 2 N–H and O–H groups in total. The van der Waals surface area contributed by atoms with Crippen LogP contribution in [0.15, 0.2) is 6.20 Å². The van der Waals surface area contributed by atoms with Gasteiger partial charge in [0.05, 0.1) is 23.0 Å². The van der Waals surface area contributed by atoms with Gasteiger partial charge in [0.25, 0.3) is 5.91 Å². The number of rotatable bonds is 3. The van der Waals surface area contributed by atoms with Crippen LogP contribution in [0.25, 0.3) is 0 Å². The number of amides is 1. The van der Waals surface area contributed by atoms with Crippen molar-refractivity contribution < 1.29 is 4.79 Å². The molecule has 1 aromatic heterocycles. The monoisotopic (exact) mass is 292 g/mol. The molecule has 1 aliphatic heterocycles. The van der Waals surface area contributed by atoms with Gasteiger partial charge in [0.1, 0.15) is 0 Å². The fourth-order valence-corrected chi connectivity index (χ4v) is 2.97. The van der Waals surface area contributed by atoms with Crippen molar-refractivity contribution in [1.82, 2.24) is 20.4 Å². The zero-order valence-electron chi connectivity index (χ0n) is 13.9. The lowest BCUT2D eigenvalue weighted by Gasteiger charge is -2.30. The van der Waals surface area contributed by atoms with E-state index in [0.717, 1.165) is 31.5 Å². The molecule has 5 heteroatoms. The van der Waals surface area contributed by atoms with E-state index in [4.69, 9.17) is 0 Å². The molecule has 5 nitrogen and oxygen atoms in total. The third-order valence-corrected chi connectivity index (χ3v) is 4.16. The summed E-state index contributed by atoms with van der Waals surface area (Å²) in [6.07, 6.45) is 4.66. The van der Waals surface area contributed by atoms with Crippen molar-refractivity contribution in [3.05, 3.63) is 17.5 Å². The molecule has 0 saturated carbocycles. The topological polar surface area (TPSA) is 59.0 Å². The van der Waals surface area contributed by atoms with E-state index in [0.29, 0.717) is 11.6 Å². The van der Waals surface area contributed by atoms with Gasteiger partial charge in [-0.05, 0) is 53.5 Å². The number of nitrogens with one attached hydrogen (secondary N) is 2. The molecule has 1 aliphatic rings. The summed E-state index contributed by atoms with van der Waals surface area (Å²) < 4.78 is 1.96. The van der Waals surface area contributed by atoms with Gasteiger partial charge in [0, 0.05) is 12.1 Å². The molecule has 0 aromatic carbocycles. The fraction of sp³-hybridized carbons (Fsp3) is 0.750. The zero-order chi connectivity index (χ0) is 15.6. The molecular weight excluding hydrogens is 264 g/mol. The van der Waals surface area contributed by atoms with Gasteiger partial charge in [-0.3, -0.25) is 9.48 Å². The van der Waals surface area contributed by atoms with E-state index in [-0.39, 0.29) is 17.5 Å². The molecule has 1 fully saturated rings. The third kappa shape index (κ3) is 3.46. The normalized spacial score (nSPS) is 23.1. The minimum atomic E-state index is -0.108. The summed E-state index contributed by atoms with van der Waals surface area (Å²) >= 11 is 0. The van der Waals surface area contributed by atoms with Crippen LogP contribution in [-0.4, -0.2) is 34.3 Å². The van der Waals surface area contributed by atoms with Crippen LogP contribution in [0, 0.1) is 0 Å². The van der Waals surface area contributed by atoms with E-state index in [9.17, 15) is 4.79 Å². The second-order valence-corrected chi connectivity index (χ2v) is 6.91. The molecule has 2 unspecified atom stereocenters.